The molecule has 0 radical (unpaired) electrons. The van der Waals surface area contributed by atoms with Gasteiger partial charge in [-0.05, 0) is 38.4 Å². The van der Waals surface area contributed by atoms with Gasteiger partial charge in [0.15, 0.2) is 0 Å². The Labute approximate surface area is 127 Å². The number of pyridine rings is 1. The Balaban J connectivity index is 1.58. The molecule has 1 aromatic rings. The molecule has 2 aliphatic rings. The normalized spacial score (nSPS) is 25.0. The van der Waals surface area contributed by atoms with Crippen LogP contribution in [0.4, 0.5) is 5.82 Å². The van der Waals surface area contributed by atoms with Crippen molar-refractivity contribution in [3.05, 3.63) is 23.9 Å². The van der Waals surface area contributed by atoms with E-state index in [1.54, 1.807) is 6.20 Å². The van der Waals surface area contributed by atoms with E-state index in [4.69, 9.17) is 10.5 Å². The van der Waals surface area contributed by atoms with E-state index < -0.39 is 0 Å². The van der Waals surface area contributed by atoms with E-state index in [0.717, 1.165) is 44.8 Å². The molecule has 0 aromatic carbocycles. The summed E-state index contributed by atoms with van der Waals surface area (Å²) in [6, 6.07) is 4.03. The molecular formula is C16H26N4O. The number of hydrogen-bond acceptors (Lipinski definition) is 5. The molecule has 2 fully saturated rings. The number of nitrogens with zero attached hydrogens (tertiary/aromatic N) is 3. The molecule has 1 aromatic heterocycles. The van der Waals surface area contributed by atoms with E-state index >= 15 is 0 Å². The second-order valence-electron chi connectivity index (χ2n) is 6.14. The van der Waals surface area contributed by atoms with Gasteiger partial charge in [0.05, 0.1) is 6.10 Å². The Bertz CT molecular complexity index is 448. The minimum atomic E-state index is 0.323. The Kier molecular flexibility index (Phi) is 5.06. The average molecular weight is 290 g/mol. The zero-order chi connectivity index (χ0) is 14.5. The van der Waals surface area contributed by atoms with Crippen LogP contribution in [0.2, 0.25) is 0 Å². The number of nitrogen functional groups attached to an aromatic ring is 1. The van der Waals surface area contributed by atoms with Gasteiger partial charge in [-0.25, -0.2) is 4.98 Å². The van der Waals surface area contributed by atoms with Crippen molar-refractivity contribution in [2.75, 3.05) is 45.1 Å². The van der Waals surface area contributed by atoms with Gasteiger partial charge in [-0.1, -0.05) is 6.07 Å². The first-order chi connectivity index (χ1) is 10.3. The summed E-state index contributed by atoms with van der Waals surface area (Å²) in [4.78, 5) is 9.18. The predicted octanol–water partition coefficient (Wildman–Crippen LogP) is 1.35. The second-order valence-corrected chi connectivity index (χ2v) is 6.14. The summed E-state index contributed by atoms with van der Waals surface area (Å²) in [7, 11) is 0. The zero-order valence-electron chi connectivity index (χ0n) is 12.7. The van der Waals surface area contributed by atoms with E-state index in [0.29, 0.717) is 11.9 Å². The fraction of sp³-hybridized carbons (Fsp3) is 0.688. The maximum absolute atomic E-state index is 6.03. The van der Waals surface area contributed by atoms with Gasteiger partial charge in [-0.15, -0.1) is 0 Å². The Morgan fingerprint density at radius 3 is 2.81 bits per heavy atom. The van der Waals surface area contributed by atoms with Crippen molar-refractivity contribution in [1.29, 1.82) is 0 Å². The van der Waals surface area contributed by atoms with Gasteiger partial charge < -0.3 is 15.4 Å². The molecule has 0 spiro atoms. The smallest absolute Gasteiger partial charge is 0.127 e. The van der Waals surface area contributed by atoms with Crippen LogP contribution in [0.15, 0.2) is 18.3 Å². The van der Waals surface area contributed by atoms with Gasteiger partial charge >= 0.3 is 0 Å². The molecule has 2 aliphatic heterocycles. The molecule has 0 bridgehead atoms. The maximum atomic E-state index is 6.03. The number of ether oxygens (including phenoxy) is 1. The summed E-state index contributed by atoms with van der Waals surface area (Å²) >= 11 is 0. The number of anilines is 1. The average Bonchev–Trinajstić information content (AvgIpc) is 2.88. The molecule has 2 saturated heterocycles. The van der Waals surface area contributed by atoms with Crippen LogP contribution < -0.4 is 5.73 Å². The lowest BCUT2D eigenvalue weighted by Crippen LogP contribution is -2.39. The molecule has 3 rings (SSSR count). The zero-order valence-corrected chi connectivity index (χ0v) is 12.7. The fourth-order valence-electron chi connectivity index (χ4n) is 3.30. The molecule has 3 heterocycles. The maximum Gasteiger partial charge on any atom is 0.127 e. The predicted molar refractivity (Wildman–Crippen MR) is 84.0 cm³/mol. The third-order valence-corrected chi connectivity index (χ3v) is 4.41. The lowest BCUT2D eigenvalue weighted by atomic mass is 10.2. The first-order valence-corrected chi connectivity index (χ1v) is 8.07. The highest BCUT2D eigenvalue weighted by Crippen LogP contribution is 2.16. The van der Waals surface area contributed by atoms with Crippen LogP contribution in [0.3, 0.4) is 0 Å². The van der Waals surface area contributed by atoms with Gasteiger partial charge in [0.2, 0.25) is 0 Å². The molecule has 1 atom stereocenters. The van der Waals surface area contributed by atoms with Crippen molar-refractivity contribution in [3.8, 4) is 0 Å². The highest BCUT2D eigenvalue weighted by molar-refractivity contribution is 5.38. The largest absolute Gasteiger partial charge is 0.383 e. The third-order valence-electron chi connectivity index (χ3n) is 4.41. The van der Waals surface area contributed by atoms with Crippen molar-refractivity contribution >= 4 is 5.82 Å². The first kappa shape index (κ1) is 14.8. The minimum absolute atomic E-state index is 0.323. The highest BCUT2D eigenvalue weighted by Gasteiger charge is 2.23. The highest BCUT2D eigenvalue weighted by atomic mass is 16.5. The first-order valence-electron chi connectivity index (χ1n) is 8.07. The molecule has 0 aliphatic carbocycles. The van der Waals surface area contributed by atoms with Gasteiger partial charge in [0.1, 0.15) is 5.82 Å². The monoisotopic (exact) mass is 290 g/mol. The molecule has 0 unspecified atom stereocenters. The molecular weight excluding hydrogens is 264 g/mol. The van der Waals surface area contributed by atoms with Crippen LogP contribution in [0.1, 0.15) is 24.8 Å². The van der Waals surface area contributed by atoms with E-state index in [2.05, 4.69) is 20.9 Å². The summed E-state index contributed by atoms with van der Waals surface area (Å²) < 4.78 is 6.03. The van der Waals surface area contributed by atoms with Crippen LogP contribution in [0, 0.1) is 0 Å². The van der Waals surface area contributed by atoms with Gasteiger partial charge in [0, 0.05) is 44.5 Å². The lowest BCUT2D eigenvalue weighted by Gasteiger charge is -2.27. The van der Waals surface area contributed by atoms with Crippen molar-refractivity contribution in [2.24, 2.45) is 0 Å². The number of rotatable bonds is 4. The SMILES string of the molecule is Nc1ncccc1CN1CCCO[C@H](CN2CCCC2)C1. The van der Waals surface area contributed by atoms with E-state index in [1.807, 2.05) is 6.07 Å². The number of aromatic nitrogens is 1. The molecule has 21 heavy (non-hydrogen) atoms. The van der Waals surface area contributed by atoms with Gasteiger partial charge in [-0.2, -0.15) is 0 Å². The molecule has 0 saturated carbocycles. The summed E-state index contributed by atoms with van der Waals surface area (Å²) in [5, 5.41) is 0. The summed E-state index contributed by atoms with van der Waals surface area (Å²) in [6.45, 7) is 7.34. The molecule has 116 valence electrons. The Morgan fingerprint density at radius 1 is 1.19 bits per heavy atom. The Morgan fingerprint density at radius 2 is 2.00 bits per heavy atom. The van der Waals surface area contributed by atoms with Gasteiger partial charge in [-0.3, -0.25) is 4.90 Å². The Hall–Kier alpha value is -1.17. The standard InChI is InChI=1S/C16H26N4O/c17-16-14(5-3-6-18-16)11-20-9-4-10-21-15(13-20)12-19-7-1-2-8-19/h3,5-6,15H,1-2,4,7-13H2,(H2,17,18)/t15-/m1/s1. The van der Waals surface area contributed by atoms with Crippen LogP contribution in [-0.4, -0.2) is 60.2 Å². The second kappa shape index (κ2) is 7.20. The number of hydrogen-bond donors (Lipinski definition) is 1. The van der Waals surface area contributed by atoms with E-state index in [-0.39, 0.29) is 0 Å². The van der Waals surface area contributed by atoms with Crippen LogP contribution in [-0.2, 0) is 11.3 Å². The van der Waals surface area contributed by atoms with E-state index in [9.17, 15) is 0 Å². The molecule has 5 heteroatoms. The lowest BCUT2D eigenvalue weighted by molar-refractivity contribution is 0.0308. The van der Waals surface area contributed by atoms with Crippen LogP contribution in [0.5, 0.6) is 0 Å². The summed E-state index contributed by atoms with van der Waals surface area (Å²) in [5.74, 6) is 0.652. The minimum Gasteiger partial charge on any atom is -0.383 e. The van der Waals surface area contributed by atoms with E-state index in [1.165, 1.54) is 25.9 Å². The third kappa shape index (κ3) is 4.15. The number of likely N-dealkylation sites (tertiary alicyclic amines) is 1. The number of nitrogens with two attached hydrogens (primary N) is 1. The van der Waals surface area contributed by atoms with Crippen LogP contribution >= 0.6 is 0 Å². The molecule has 5 nitrogen and oxygen atoms in total. The molecule has 0 amide bonds. The topological polar surface area (TPSA) is 54.6 Å². The fourth-order valence-corrected chi connectivity index (χ4v) is 3.30. The quantitative estimate of drug-likeness (QED) is 0.907. The van der Waals surface area contributed by atoms with Crippen LogP contribution in [0.25, 0.3) is 0 Å². The van der Waals surface area contributed by atoms with Crippen molar-refractivity contribution in [2.45, 2.75) is 31.9 Å². The summed E-state index contributed by atoms with van der Waals surface area (Å²) in [5.41, 5.74) is 7.09. The van der Waals surface area contributed by atoms with Crippen molar-refractivity contribution in [1.82, 2.24) is 14.8 Å². The summed E-state index contributed by atoms with van der Waals surface area (Å²) in [6.07, 6.45) is 5.84. The van der Waals surface area contributed by atoms with Gasteiger partial charge in [0.25, 0.3) is 0 Å². The van der Waals surface area contributed by atoms with Crippen molar-refractivity contribution in [3.63, 3.8) is 0 Å². The molecule has 2 N–H and O–H groups in total. The van der Waals surface area contributed by atoms with Crippen molar-refractivity contribution < 1.29 is 4.74 Å².